The van der Waals surface area contributed by atoms with Crippen LogP contribution in [0, 0.1) is 5.92 Å². The fourth-order valence-corrected chi connectivity index (χ4v) is 3.65. The van der Waals surface area contributed by atoms with Crippen LogP contribution in [0.5, 0.6) is 0 Å². The maximum absolute atomic E-state index is 6.50. The SMILES string of the molecule is CCCC1CCN(CCC2(N)CCCCC2)C1. The monoisotopic (exact) mass is 238 g/mol. The van der Waals surface area contributed by atoms with Gasteiger partial charge in [0.1, 0.15) is 0 Å². The highest BCUT2D eigenvalue weighted by atomic mass is 15.1. The van der Waals surface area contributed by atoms with Crippen molar-refractivity contribution in [2.75, 3.05) is 19.6 Å². The summed E-state index contributed by atoms with van der Waals surface area (Å²) < 4.78 is 0. The van der Waals surface area contributed by atoms with E-state index in [9.17, 15) is 0 Å². The van der Waals surface area contributed by atoms with E-state index >= 15 is 0 Å². The van der Waals surface area contributed by atoms with E-state index in [4.69, 9.17) is 5.73 Å². The van der Waals surface area contributed by atoms with Crippen LogP contribution >= 0.6 is 0 Å². The molecule has 100 valence electrons. The largest absolute Gasteiger partial charge is 0.325 e. The van der Waals surface area contributed by atoms with Gasteiger partial charge >= 0.3 is 0 Å². The van der Waals surface area contributed by atoms with Crippen LogP contribution in [0.25, 0.3) is 0 Å². The molecule has 2 N–H and O–H groups in total. The smallest absolute Gasteiger partial charge is 0.0166 e. The molecule has 1 aliphatic heterocycles. The molecule has 1 saturated carbocycles. The van der Waals surface area contributed by atoms with E-state index in [1.165, 1.54) is 77.4 Å². The van der Waals surface area contributed by atoms with Crippen molar-refractivity contribution in [1.29, 1.82) is 0 Å². The Morgan fingerprint density at radius 2 is 2.00 bits per heavy atom. The van der Waals surface area contributed by atoms with Gasteiger partial charge in [0.15, 0.2) is 0 Å². The number of nitrogens with zero attached hydrogens (tertiary/aromatic N) is 1. The molecule has 2 rings (SSSR count). The van der Waals surface area contributed by atoms with Crippen LogP contribution in [0.3, 0.4) is 0 Å². The third kappa shape index (κ3) is 3.96. The molecule has 0 aromatic heterocycles. The predicted octanol–water partition coefficient (Wildman–Crippen LogP) is 3.16. The second-order valence-corrected chi connectivity index (χ2v) is 6.42. The average Bonchev–Trinajstić information content (AvgIpc) is 2.76. The maximum atomic E-state index is 6.50. The summed E-state index contributed by atoms with van der Waals surface area (Å²) in [5, 5.41) is 0. The molecule has 2 fully saturated rings. The van der Waals surface area contributed by atoms with Crippen molar-refractivity contribution in [2.45, 2.75) is 70.3 Å². The standard InChI is InChI=1S/C15H30N2/c1-2-6-14-7-11-17(13-14)12-10-15(16)8-4-3-5-9-15/h14H,2-13,16H2,1H3. The first-order valence-corrected chi connectivity index (χ1v) is 7.73. The van der Waals surface area contributed by atoms with Gasteiger partial charge in [-0.3, -0.25) is 0 Å². The van der Waals surface area contributed by atoms with Gasteiger partial charge in [-0.2, -0.15) is 0 Å². The molecule has 2 heteroatoms. The molecular weight excluding hydrogens is 208 g/mol. The Labute approximate surface area is 107 Å². The third-order valence-corrected chi connectivity index (χ3v) is 4.84. The minimum Gasteiger partial charge on any atom is -0.325 e. The molecular formula is C15H30N2. The van der Waals surface area contributed by atoms with E-state index in [0.29, 0.717) is 0 Å². The Bertz CT molecular complexity index is 221. The Hall–Kier alpha value is -0.0800. The second-order valence-electron chi connectivity index (χ2n) is 6.42. The summed E-state index contributed by atoms with van der Waals surface area (Å²) in [6.45, 7) is 6.21. The fourth-order valence-electron chi connectivity index (χ4n) is 3.65. The molecule has 2 nitrogen and oxygen atoms in total. The first kappa shape index (κ1) is 13.4. The van der Waals surface area contributed by atoms with Crippen molar-refractivity contribution in [1.82, 2.24) is 4.90 Å². The lowest BCUT2D eigenvalue weighted by molar-refractivity contribution is 0.226. The van der Waals surface area contributed by atoms with Gasteiger partial charge in [0.05, 0.1) is 0 Å². The first-order chi connectivity index (χ1) is 8.22. The molecule has 1 unspecified atom stereocenters. The van der Waals surface area contributed by atoms with Crippen molar-refractivity contribution in [3.63, 3.8) is 0 Å². The molecule has 0 aromatic carbocycles. The van der Waals surface area contributed by atoms with Gasteiger partial charge in [-0.25, -0.2) is 0 Å². The minimum absolute atomic E-state index is 0.182. The summed E-state index contributed by atoms with van der Waals surface area (Å²) in [7, 11) is 0. The lowest BCUT2D eigenvalue weighted by Gasteiger charge is -2.34. The van der Waals surface area contributed by atoms with Gasteiger partial charge in [-0.15, -0.1) is 0 Å². The zero-order valence-electron chi connectivity index (χ0n) is 11.6. The van der Waals surface area contributed by atoms with Gasteiger partial charge in [0, 0.05) is 12.1 Å². The van der Waals surface area contributed by atoms with Crippen LogP contribution in [-0.4, -0.2) is 30.1 Å². The maximum Gasteiger partial charge on any atom is 0.0166 e. The summed E-state index contributed by atoms with van der Waals surface area (Å²) in [5.41, 5.74) is 6.69. The van der Waals surface area contributed by atoms with Crippen molar-refractivity contribution in [3.8, 4) is 0 Å². The van der Waals surface area contributed by atoms with Crippen LogP contribution < -0.4 is 5.73 Å². The molecule has 17 heavy (non-hydrogen) atoms. The van der Waals surface area contributed by atoms with Crippen molar-refractivity contribution in [3.05, 3.63) is 0 Å². The van der Waals surface area contributed by atoms with E-state index in [2.05, 4.69) is 11.8 Å². The van der Waals surface area contributed by atoms with E-state index in [1.54, 1.807) is 0 Å². The van der Waals surface area contributed by atoms with Gasteiger partial charge in [0.25, 0.3) is 0 Å². The topological polar surface area (TPSA) is 29.3 Å². The quantitative estimate of drug-likeness (QED) is 0.797. The van der Waals surface area contributed by atoms with E-state index in [1.807, 2.05) is 0 Å². The molecule has 1 saturated heterocycles. The number of hydrogen-bond acceptors (Lipinski definition) is 2. The fraction of sp³-hybridized carbons (Fsp3) is 1.00. The molecule has 0 bridgehead atoms. The highest BCUT2D eigenvalue weighted by Gasteiger charge is 2.29. The Kier molecular flexibility index (Phi) is 4.87. The number of hydrogen-bond donors (Lipinski definition) is 1. The lowest BCUT2D eigenvalue weighted by Crippen LogP contribution is -2.44. The summed E-state index contributed by atoms with van der Waals surface area (Å²) >= 11 is 0. The van der Waals surface area contributed by atoms with Gasteiger partial charge < -0.3 is 10.6 Å². The van der Waals surface area contributed by atoms with Crippen molar-refractivity contribution < 1.29 is 0 Å². The molecule has 1 aliphatic carbocycles. The first-order valence-electron chi connectivity index (χ1n) is 7.73. The zero-order valence-corrected chi connectivity index (χ0v) is 11.6. The number of nitrogens with two attached hydrogens (primary N) is 1. The molecule has 1 heterocycles. The Morgan fingerprint density at radius 1 is 1.24 bits per heavy atom. The molecule has 0 radical (unpaired) electrons. The third-order valence-electron chi connectivity index (χ3n) is 4.84. The van der Waals surface area contributed by atoms with Crippen molar-refractivity contribution in [2.24, 2.45) is 11.7 Å². The Morgan fingerprint density at radius 3 is 2.71 bits per heavy atom. The zero-order chi connectivity index (χ0) is 12.1. The summed E-state index contributed by atoms with van der Waals surface area (Å²) in [6, 6.07) is 0. The van der Waals surface area contributed by atoms with Crippen LogP contribution in [0.4, 0.5) is 0 Å². The van der Waals surface area contributed by atoms with E-state index < -0.39 is 0 Å². The van der Waals surface area contributed by atoms with Crippen LogP contribution in [0.2, 0.25) is 0 Å². The molecule has 2 aliphatic rings. The second kappa shape index (κ2) is 6.19. The molecule has 0 aromatic rings. The highest BCUT2D eigenvalue weighted by molar-refractivity contribution is 4.89. The predicted molar refractivity (Wildman–Crippen MR) is 74.1 cm³/mol. The summed E-state index contributed by atoms with van der Waals surface area (Å²) in [4.78, 5) is 2.66. The summed E-state index contributed by atoms with van der Waals surface area (Å²) in [5.74, 6) is 0.972. The van der Waals surface area contributed by atoms with Crippen LogP contribution in [-0.2, 0) is 0 Å². The van der Waals surface area contributed by atoms with E-state index in [-0.39, 0.29) is 5.54 Å². The Balaban J connectivity index is 1.68. The lowest BCUT2D eigenvalue weighted by atomic mass is 9.80. The number of likely N-dealkylation sites (tertiary alicyclic amines) is 1. The summed E-state index contributed by atoms with van der Waals surface area (Å²) in [6.07, 6.45) is 12.1. The van der Waals surface area contributed by atoms with Crippen LogP contribution in [0.15, 0.2) is 0 Å². The normalized spacial score (nSPS) is 29.6. The minimum atomic E-state index is 0.182. The molecule has 0 spiro atoms. The van der Waals surface area contributed by atoms with Crippen molar-refractivity contribution >= 4 is 0 Å². The molecule has 0 amide bonds. The number of rotatable bonds is 5. The van der Waals surface area contributed by atoms with Gasteiger partial charge in [-0.05, 0) is 51.1 Å². The van der Waals surface area contributed by atoms with Gasteiger partial charge in [-0.1, -0.05) is 32.6 Å². The average molecular weight is 238 g/mol. The van der Waals surface area contributed by atoms with E-state index in [0.717, 1.165) is 5.92 Å². The van der Waals surface area contributed by atoms with Crippen LogP contribution in [0.1, 0.15) is 64.7 Å². The highest BCUT2D eigenvalue weighted by Crippen LogP contribution is 2.30. The molecule has 1 atom stereocenters. The van der Waals surface area contributed by atoms with Gasteiger partial charge in [0.2, 0.25) is 0 Å².